The Labute approximate surface area is 118 Å². The zero-order valence-electron chi connectivity index (χ0n) is 11.8. The second-order valence-corrected chi connectivity index (χ2v) is 5.43. The normalized spacial score (nSPS) is 11.3. The van der Waals surface area contributed by atoms with Gasteiger partial charge in [0.05, 0.1) is 25.7 Å². The van der Waals surface area contributed by atoms with Crippen LogP contribution in [0.15, 0.2) is 6.07 Å². The maximum Gasteiger partial charge on any atom is 0.304 e. The van der Waals surface area contributed by atoms with Crippen molar-refractivity contribution in [3.05, 3.63) is 22.2 Å². The Balaban J connectivity index is 3.45. The predicted molar refractivity (Wildman–Crippen MR) is 74.6 cm³/mol. The Morgan fingerprint density at radius 1 is 1.37 bits per heavy atom. The molecule has 0 saturated carbocycles. The van der Waals surface area contributed by atoms with E-state index in [4.69, 9.17) is 26.2 Å². The molecule has 0 amide bonds. The summed E-state index contributed by atoms with van der Waals surface area (Å²) >= 11 is 6.27. The van der Waals surface area contributed by atoms with E-state index >= 15 is 0 Å². The van der Waals surface area contributed by atoms with Crippen LogP contribution >= 0.6 is 11.6 Å². The van der Waals surface area contributed by atoms with E-state index in [9.17, 15) is 4.79 Å². The molecule has 1 N–H and O–H groups in total. The Bertz CT molecular complexity index is 495. The number of aliphatic carboxylic acids is 1. The van der Waals surface area contributed by atoms with Crippen LogP contribution in [0.4, 0.5) is 0 Å². The summed E-state index contributed by atoms with van der Waals surface area (Å²) in [6, 6.07) is 1.79. The minimum atomic E-state index is -0.852. The fourth-order valence-electron chi connectivity index (χ4n) is 2.22. The molecule has 0 heterocycles. The van der Waals surface area contributed by atoms with Gasteiger partial charge < -0.3 is 14.6 Å². The second-order valence-electron chi connectivity index (χ2n) is 5.05. The standard InChI is InChI=1S/C14H19ClO4/c1-8-9(14(2,3)7-11(16)17)6-10(18-4)13(19-5)12(8)15/h6H,7H2,1-5H3,(H,16,17). The highest BCUT2D eigenvalue weighted by Gasteiger charge is 2.29. The lowest BCUT2D eigenvalue weighted by atomic mass is 9.79. The van der Waals surface area contributed by atoms with Gasteiger partial charge in [0.1, 0.15) is 0 Å². The van der Waals surface area contributed by atoms with Crippen molar-refractivity contribution in [1.29, 1.82) is 0 Å². The molecular formula is C14H19ClO4. The van der Waals surface area contributed by atoms with Crippen molar-refractivity contribution in [2.75, 3.05) is 14.2 Å². The highest BCUT2D eigenvalue weighted by Crippen LogP contribution is 2.43. The van der Waals surface area contributed by atoms with Gasteiger partial charge >= 0.3 is 5.97 Å². The Morgan fingerprint density at radius 3 is 2.37 bits per heavy atom. The number of carboxylic acids is 1. The van der Waals surface area contributed by atoms with Gasteiger partial charge in [-0.25, -0.2) is 0 Å². The highest BCUT2D eigenvalue weighted by molar-refractivity contribution is 6.33. The summed E-state index contributed by atoms with van der Waals surface area (Å²) in [6.07, 6.45) is 0.0135. The van der Waals surface area contributed by atoms with E-state index in [-0.39, 0.29) is 6.42 Å². The first-order valence-electron chi connectivity index (χ1n) is 5.88. The van der Waals surface area contributed by atoms with Gasteiger partial charge in [0.2, 0.25) is 0 Å². The average molecular weight is 287 g/mol. The molecule has 1 rings (SSSR count). The van der Waals surface area contributed by atoms with E-state index in [0.29, 0.717) is 16.5 Å². The second kappa shape index (κ2) is 5.70. The molecular weight excluding hydrogens is 268 g/mol. The van der Waals surface area contributed by atoms with Crippen molar-refractivity contribution < 1.29 is 19.4 Å². The molecule has 0 aliphatic rings. The minimum absolute atomic E-state index is 0.0135. The summed E-state index contributed by atoms with van der Waals surface area (Å²) in [5.74, 6) is 0.124. The summed E-state index contributed by atoms with van der Waals surface area (Å²) in [5.41, 5.74) is 1.11. The van der Waals surface area contributed by atoms with Gasteiger partial charge in [-0.2, -0.15) is 0 Å². The van der Waals surface area contributed by atoms with Crippen LogP contribution in [0.2, 0.25) is 5.02 Å². The van der Waals surface area contributed by atoms with Gasteiger partial charge in [0.15, 0.2) is 11.5 Å². The highest BCUT2D eigenvalue weighted by atomic mass is 35.5. The quantitative estimate of drug-likeness (QED) is 0.901. The fourth-order valence-corrected chi connectivity index (χ4v) is 2.49. The van der Waals surface area contributed by atoms with Crippen molar-refractivity contribution >= 4 is 17.6 Å². The lowest BCUT2D eigenvalue weighted by Crippen LogP contribution is -2.23. The molecule has 4 nitrogen and oxygen atoms in total. The number of hydrogen-bond acceptors (Lipinski definition) is 3. The molecule has 0 aliphatic carbocycles. The SMILES string of the molecule is COc1cc(C(C)(C)CC(=O)O)c(C)c(Cl)c1OC. The molecule has 1 aromatic rings. The number of benzene rings is 1. The molecule has 0 fully saturated rings. The summed E-state index contributed by atoms with van der Waals surface area (Å²) in [4.78, 5) is 11.0. The summed E-state index contributed by atoms with van der Waals surface area (Å²) in [7, 11) is 3.04. The molecule has 0 aliphatic heterocycles. The summed E-state index contributed by atoms with van der Waals surface area (Å²) in [6.45, 7) is 5.58. The molecule has 5 heteroatoms. The molecule has 0 unspecified atom stereocenters. The first kappa shape index (κ1) is 15.6. The zero-order valence-corrected chi connectivity index (χ0v) is 12.6. The third-order valence-corrected chi connectivity index (χ3v) is 3.63. The summed E-state index contributed by atoms with van der Waals surface area (Å²) in [5, 5.41) is 9.46. The van der Waals surface area contributed by atoms with Crippen LogP contribution in [0.5, 0.6) is 11.5 Å². The van der Waals surface area contributed by atoms with Gasteiger partial charge in [0, 0.05) is 5.41 Å². The molecule has 0 radical (unpaired) electrons. The maximum absolute atomic E-state index is 11.0. The molecule has 1 aromatic carbocycles. The lowest BCUT2D eigenvalue weighted by molar-refractivity contribution is -0.138. The lowest BCUT2D eigenvalue weighted by Gasteiger charge is -2.27. The van der Waals surface area contributed by atoms with Crippen molar-refractivity contribution in [3.63, 3.8) is 0 Å². The van der Waals surface area contributed by atoms with Gasteiger partial charge in [-0.15, -0.1) is 0 Å². The Hall–Kier alpha value is -1.42. The van der Waals surface area contributed by atoms with Gasteiger partial charge in [0.25, 0.3) is 0 Å². The van der Waals surface area contributed by atoms with Crippen LogP contribution in [0.1, 0.15) is 31.4 Å². The van der Waals surface area contributed by atoms with Crippen LogP contribution in [-0.2, 0) is 10.2 Å². The molecule has 19 heavy (non-hydrogen) atoms. The Morgan fingerprint density at radius 2 is 1.95 bits per heavy atom. The van der Waals surface area contributed by atoms with E-state index in [1.54, 1.807) is 6.07 Å². The van der Waals surface area contributed by atoms with E-state index in [1.807, 2.05) is 20.8 Å². The molecule has 0 aromatic heterocycles. The molecule has 0 saturated heterocycles. The van der Waals surface area contributed by atoms with E-state index < -0.39 is 11.4 Å². The van der Waals surface area contributed by atoms with Crippen molar-refractivity contribution in [2.24, 2.45) is 0 Å². The van der Waals surface area contributed by atoms with E-state index in [0.717, 1.165) is 11.1 Å². The Kier molecular flexibility index (Phi) is 4.69. The van der Waals surface area contributed by atoms with Crippen molar-refractivity contribution in [2.45, 2.75) is 32.6 Å². The number of rotatable bonds is 5. The summed E-state index contributed by atoms with van der Waals surface area (Å²) < 4.78 is 10.5. The zero-order chi connectivity index (χ0) is 14.8. The topological polar surface area (TPSA) is 55.8 Å². The average Bonchev–Trinajstić information content (AvgIpc) is 2.30. The molecule has 106 valence electrons. The number of halogens is 1. The van der Waals surface area contributed by atoms with E-state index in [2.05, 4.69) is 0 Å². The van der Waals surface area contributed by atoms with Crippen LogP contribution in [-0.4, -0.2) is 25.3 Å². The van der Waals surface area contributed by atoms with Crippen LogP contribution in [0, 0.1) is 6.92 Å². The van der Waals surface area contributed by atoms with E-state index in [1.165, 1.54) is 14.2 Å². The third kappa shape index (κ3) is 3.13. The third-order valence-electron chi connectivity index (χ3n) is 3.18. The van der Waals surface area contributed by atoms with Gasteiger partial charge in [-0.1, -0.05) is 25.4 Å². The van der Waals surface area contributed by atoms with Crippen molar-refractivity contribution in [1.82, 2.24) is 0 Å². The fraction of sp³-hybridized carbons (Fsp3) is 0.500. The van der Waals surface area contributed by atoms with Gasteiger partial charge in [-0.05, 0) is 24.1 Å². The number of methoxy groups -OCH3 is 2. The minimum Gasteiger partial charge on any atom is -0.493 e. The number of hydrogen-bond donors (Lipinski definition) is 1. The number of carboxylic acid groups (broad SMARTS) is 1. The van der Waals surface area contributed by atoms with Crippen molar-refractivity contribution in [3.8, 4) is 11.5 Å². The van der Waals surface area contributed by atoms with Crippen LogP contribution in [0.3, 0.4) is 0 Å². The maximum atomic E-state index is 11.0. The number of carbonyl (C=O) groups is 1. The molecule has 0 spiro atoms. The number of ether oxygens (including phenoxy) is 2. The van der Waals surface area contributed by atoms with Crippen LogP contribution in [0.25, 0.3) is 0 Å². The smallest absolute Gasteiger partial charge is 0.304 e. The molecule has 0 atom stereocenters. The predicted octanol–water partition coefficient (Wildman–Crippen LogP) is 3.42. The van der Waals surface area contributed by atoms with Gasteiger partial charge in [-0.3, -0.25) is 4.79 Å². The first-order chi connectivity index (χ1) is 8.74. The largest absolute Gasteiger partial charge is 0.493 e. The molecule has 0 bridgehead atoms. The van der Waals surface area contributed by atoms with Crippen LogP contribution < -0.4 is 9.47 Å². The monoisotopic (exact) mass is 286 g/mol. The first-order valence-corrected chi connectivity index (χ1v) is 6.25.